The molecule has 1 rings (SSSR count). The molecule has 3 nitrogen and oxygen atoms in total. The Labute approximate surface area is 98.6 Å². The van der Waals surface area contributed by atoms with E-state index >= 15 is 0 Å². The van der Waals surface area contributed by atoms with Gasteiger partial charge in [-0.25, -0.2) is 0 Å². The van der Waals surface area contributed by atoms with Gasteiger partial charge in [-0.1, -0.05) is 28.9 Å². The van der Waals surface area contributed by atoms with Crippen molar-refractivity contribution < 1.29 is 4.79 Å². The highest BCUT2D eigenvalue weighted by atomic mass is 79.9. The number of carbonyl (C=O) groups is 1. The van der Waals surface area contributed by atoms with Gasteiger partial charge in [0.15, 0.2) is 0 Å². The van der Waals surface area contributed by atoms with E-state index in [1.807, 2.05) is 6.07 Å². The molecule has 0 radical (unpaired) electrons. The molecule has 0 aliphatic carbocycles. The van der Waals surface area contributed by atoms with Crippen LogP contribution in [0.3, 0.4) is 0 Å². The molecule has 1 unspecified atom stereocenters. The van der Waals surface area contributed by atoms with E-state index in [1.165, 1.54) is 0 Å². The maximum absolute atomic E-state index is 11.8. The molecular formula is C11H15BrN2O. The fraction of sp³-hybridized carbons (Fsp3) is 0.455. The number of carbonyl (C=O) groups excluding carboxylic acids is 1. The third-order valence-corrected chi connectivity index (χ3v) is 2.55. The van der Waals surface area contributed by atoms with Crippen LogP contribution in [0.15, 0.2) is 24.4 Å². The average Bonchev–Trinajstić information content (AvgIpc) is 2.26. The van der Waals surface area contributed by atoms with Gasteiger partial charge in [0, 0.05) is 24.6 Å². The summed E-state index contributed by atoms with van der Waals surface area (Å²) in [7, 11) is 1.80. The number of pyridine rings is 1. The van der Waals surface area contributed by atoms with Crippen molar-refractivity contribution in [2.45, 2.75) is 18.2 Å². The second-order valence-corrected chi connectivity index (χ2v) is 5.07. The first-order valence-electron chi connectivity index (χ1n) is 4.92. The van der Waals surface area contributed by atoms with Crippen molar-refractivity contribution in [3.05, 3.63) is 30.1 Å². The minimum absolute atomic E-state index is 0.0243. The first kappa shape index (κ1) is 12.2. The van der Waals surface area contributed by atoms with E-state index in [9.17, 15) is 4.79 Å². The molecule has 0 bridgehead atoms. The molecular weight excluding hydrogens is 256 g/mol. The predicted octanol–water partition coefficient (Wildman–Crippen LogP) is 2.33. The summed E-state index contributed by atoms with van der Waals surface area (Å²) in [5.74, 6) is -0.0243. The zero-order chi connectivity index (χ0) is 11.3. The quantitative estimate of drug-likeness (QED) is 0.787. The molecule has 1 heterocycles. The number of rotatable bonds is 4. The van der Waals surface area contributed by atoms with Crippen molar-refractivity contribution in [2.24, 2.45) is 0 Å². The maximum atomic E-state index is 11.8. The van der Waals surface area contributed by atoms with E-state index < -0.39 is 0 Å². The molecule has 0 fully saturated rings. The van der Waals surface area contributed by atoms with Gasteiger partial charge in [0.25, 0.3) is 5.91 Å². The second kappa shape index (κ2) is 5.85. The minimum Gasteiger partial charge on any atom is -0.340 e. The van der Waals surface area contributed by atoms with Gasteiger partial charge in [-0.15, -0.1) is 0 Å². The lowest BCUT2D eigenvalue weighted by atomic mass is 10.3. The molecule has 0 aromatic carbocycles. The standard InChI is InChI=1S/C11H15BrN2O/c1-9(12)6-8-14(2)11(15)10-5-3-4-7-13-10/h3-5,7,9H,6,8H2,1-2H3. The van der Waals surface area contributed by atoms with Crippen LogP contribution >= 0.6 is 15.9 Å². The summed E-state index contributed by atoms with van der Waals surface area (Å²) in [6.45, 7) is 2.81. The van der Waals surface area contributed by atoms with Crippen LogP contribution in [0.2, 0.25) is 0 Å². The summed E-state index contributed by atoms with van der Waals surface area (Å²) >= 11 is 3.45. The Morgan fingerprint density at radius 2 is 2.33 bits per heavy atom. The molecule has 0 saturated heterocycles. The van der Waals surface area contributed by atoms with Crippen molar-refractivity contribution >= 4 is 21.8 Å². The lowest BCUT2D eigenvalue weighted by Gasteiger charge is -2.17. The Morgan fingerprint density at radius 1 is 1.60 bits per heavy atom. The first-order chi connectivity index (χ1) is 7.11. The summed E-state index contributed by atoms with van der Waals surface area (Å²) in [6.07, 6.45) is 2.57. The lowest BCUT2D eigenvalue weighted by molar-refractivity contribution is 0.0788. The van der Waals surface area contributed by atoms with Crippen LogP contribution in [0.25, 0.3) is 0 Å². The van der Waals surface area contributed by atoms with Crippen molar-refractivity contribution in [3.8, 4) is 0 Å². The van der Waals surface area contributed by atoms with Crippen LogP contribution in [0.4, 0.5) is 0 Å². The van der Waals surface area contributed by atoms with E-state index in [-0.39, 0.29) is 5.91 Å². The zero-order valence-electron chi connectivity index (χ0n) is 8.98. The Hall–Kier alpha value is -0.900. The Morgan fingerprint density at radius 3 is 2.87 bits per heavy atom. The number of alkyl halides is 1. The third-order valence-electron chi connectivity index (χ3n) is 2.09. The van der Waals surface area contributed by atoms with Gasteiger partial charge in [0.1, 0.15) is 5.69 Å². The molecule has 0 aliphatic heterocycles. The van der Waals surface area contributed by atoms with Crippen molar-refractivity contribution in [2.75, 3.05) is 13.6 Å². The molecule has 0 spiro atoms. The Kier molecular flexibility index (Phi) is 4.75. The van der Waals surface area contributed by atoms with Gasteiger partial charge < -0.3 is 4.90 Å². The van der Waals surface area contributed by atoms with Gasteiger partial charge in [-0.05, 0) is 18.6 Å². The van der Waals surface area contributed by atoms with E-state index in [2.05, 4.69) is 27.8 Å². The first-order valence-corrected chi connectivity index (χ1v) is 5.83. The number of hydrogen-bond acceptors (Lipinski definition) is 2. The number of aromatic nitrogens is 1. The molecule has 15 heavy (non-hydrogen) atoms. The molecule has 0 aliphatic rings. The summed E-state index contributed by atoms with van der Waals surface area (Å²) in [5.41, 5.74) is 0.502. The fourth-order valence-electron chi connectivity index (χ4n) is 1.16. The predicted molar refractivity (Wildman–Crippen MR) is 64.2 cm³/mol. The van der Waals surface area contributed by atoms with Gasteiger partial charge in [-0.2, -0.15) is 0 Å². The summed E-state index contributed by atoms with van der Waals surface area (Å²) in [5, 5.41) is 0. The SMILES string of the molecule is CC(Br)CCN(C)C(=O)c1ccccn1. The van der Waals surface area contributed by atoms with E-state index in [0.29, 0.717) is 10.5 Å². The van der Waals surface area contributed by atoms with Crippen LogP contribution in [-0.4, -0.2) is 34.2 Å². The molecule has 82 valence electrons. The molecule has 1 aromatic rings. The summed E-state index contributed by atoms with van der Waals surface area (Å²) in [6, 6.07) is 5.36. The summed E-state index contributed by atoms with van der Waals surface area (Å²) in [4.78, 5) is 18.0. The Balaban J connectivity index is 2.54. The normalized spacial score (nSPS) is 12.2. The molecule has 1 atom stereocenters. The number of hydrogen-bond donors (Lipinski definition) is 0. The highest BCUT2D eigenvalue weighted by Gasteiger charge is 2.12. The highest BCUT2D eigenvalue weighted by molar-refractivity contribution is 9.09. The zero-order valence-corrected chi connectivity index (χ0v) is 10.6. The third kappa shape index (κ3) is 4.00. The van der Waals surface area contributed by atoms with E-state index in [1.54, 1.807) is 30.3 Å². The van der Waals surface area contributed by atoms with Crippen LogP contribution in [0.1, 0.15) is 23.8 Å². The van der Waals surface area contributed by atoms with Crippen LogP contribution in [0, 0.1) is 0 Å². The topological polar surface area (TPSA) is 33.2 Å². The minimum atomic E-state index is -0.0243. The number of nitrogens with zero attached hydrogens (tertiary/aromatic N) is 2. The fourth-order valence-corrected chi connectivity index (χ4v) is 1.36. The maximum Gasteiger partial charge on any atom is 0.272 e. The van der Waals surface area contributed by atoms with Gasteiger partial charge in [0.05, 0.1) is 0 Å². The van der Waals surface area contributed by atoms with Gasteiger partial charge in [-0.3, -0.25) is 9.78 Å². The Bertz CT molecular complexity index is 314. The molecule has 0 saturated carbocycles. The van der Waals surface area contributed by atoms with Crippen LogP contribution in [0.5, 0.6) is 0 Å². The van der Waals surface area contributed by atoms with Crippen LogP contribution in [-0.2, 0) is 0 Å². The van der Waals surface area contributed by atoms with Crippen molar-refractivity contribution in [1.29, 1.82) is 0 Å². The molecule has 4 heteroatoms. The monoisotopic (exact) mass is 270 g/mol. The highest BCUT2D eigenvalue weighted by Crippen LogP contribution is 2.06. The number of halogens is 1. The molecule has 1 amide bonds. The van der Waals surface area contributed by atoms with Crippen molar-refractivity contribution in [1.82, 2.24) is 9.88 Å². The second-order valence-electron chi connectivity index (χ2n) is 3.51. The number of amides is 1. The van der Waals surface area contributed by atoms with E-state index in [4.69, 9.17) is 0 Å². The van der Waals surface area contributed by atoms with E-state index in [0.717, 1.165) is 13.0 Å². The van der Waals surface area contributed by atoms with Gasteiger partial charge in [0.2, 0.25) is 0 Å². The largest absolute Gasteiger partial charge is 0.340 e. The molecule has 1 aromatic heterocycles. The van der Waals surface area contributed by atoms with Gasteiger partial charge >= 0.3 is 0 Å². The lowest BCUT2D eigenvalue weighted by Crippen LogP contribution is -2.29. The van der Waals surface area contributed by atoms with Crippen LogP contribution < -0.4 is 0 Å². The average molecular weight is 271 g/mol. The van der Waals surface area contributed by atoms with Crippen molar-refractivity contribution in [3.63, 3.8) is 0 Å². The summed E-state index contributed by atoms with van der Waals surface area (Å²) < 4.78 is 0. The smallest absolute Gasteiger partial charge is 0.272 e. The molecule has 0 N–H and O–H groups in total.